The van der Waals surface area contributed by atoms with Gasteiger partial charge < -0.3 is 15.1 Å². The Morgan fingerprint density at radius 2 is 1.88 bits per heavy atom. The summed E-state index contributed by atoms with van der Waals surface area (Å²) in [6.45, 7) is 2.12. The minimum atomic E-state index is -0.156. The van der Waals surface area contributed by atoms with Gasteiger partial charge in [0.2, 0.25) is 0 Å². The molecule has 0 saturated carbocycles. The standard InChI is InChI=1S/C17H18ClN3O2S2/c1-24-15-10-13(2-3-14(15)18)19-17(23)21-7-5-20(6-8-21)16(22)12-4-9-25-11-12/h2-4,9-11H,5-8H2,1H3,(H,19,23). The molecule has 25 heavy (non-hydrogen) atoms. The first-order valence-electron chi connectivity index (χ1n) is 7.79. The van der Waals surface area contributed by atoms with E-state index in [-0.39, 0.29) is 11.9 Å². The van der Waals surface area contributed by atoms with Gasteiger partial charge in [0, 0.05) is 42.1 Å². The molecule has 0 unspecified atom stereocenters. The molecule has 1 aromatic carbocycles. The summed E-state index contributed by atoms with van der Waals surface area (Å²) in [6, 6.07) is 7.10. The van der Waals surface area contributed by atoms with Crippen LogP contribution in [0.2, 0.25) is 5.02 Å². The van der Waals surface area contributed by atoms with Crippen LogP contribution in [0.5, 0.6) is 0 Å². The first kappa shape index (κ1) is 18.1. The molecule has 132 valence electrons. The van der Waals surface area contributed by atoms with E-state index in [1.165, 1.54) is 23.1 Å². The second-order valence-electron chi connectivity index (χ2n) is 5.57. The molecule has 1 aromatic heterocycles. The summed E-state index contributed by atoms with van der Waals surface area (Å²) < 4.78 is 0. The number of nitrogens with zero attached hydrogens (tertiary/aromatic N) is 2. The normalized spacial score (nSPS) is 14.5. The number of piperazine rings is 1. The quantitative estimate of drug-likeness (QED) is 0.795. The van der Waals surface area contributed by atoms with Crippen molar-refractivity contribution in [2.45, 2.75) is 4.90 Å². The number of nitrogens with one attached hydrogen (secondary N) is 1. The number of hydrogen-bond donors (Lipinski definition) is 1. The highest BCUT2D eigenvalue weighted by Gasteiger charge is 2.25. The molecule has 2 heterocycles. The zero-order valence-corrected chi connectivity index (χ0v) is 16.1. The van der Waals surface area contributed by atoms with Crippen LogP contribution in [0.3, 0.4) is 0 Å². The van der Waals surface area contributed by atoms with Crippen LogP contribution >= 0.6 is 34.7 Å². The van der Waals surface area contributed by atoms with E-state index in [1.54, 1.807) is 21.9 Å². The maximum absolute atomic E-state index is 12.4. The van der Waals surface area contributed by atoms with Crippen molar-refractivity contribution < 1.29 is 9.59 Å². The third-order valence-corrected chi connectivity index (χ3v) is 5.93. The van der Waals surface area contributed by atoms with Gasteiger partial charge in [-0.15, -0.1) is 11.8 Å². The van der Waals surface area contributed by atoms with Gasteiger partial charge in [-0.25, -0.2) is 4.79 Å². The Hall–Kier alpha value is -1.70. The summed E-state index contributed by atoms with van der Waals surface area (Å²) in [5, 5.41) is 7.32. The fourth-order valence-corrected chi connectivity index (χ4v) is 4.11. The smallest absolute Gasteiger partial charge is 0.321 e. The van der Waals surface area contributed by atoms with Gasteiger partial charge in [-0.1, -0.05) is 11.6 Å². The van der Waals surface area contributed by atoms with Crippen molar-refractivity contribution in [3.63, 3.8) is 0 Å². The van der Waals surface area contributed by atoms with Crippen LogP contribution in [0, 0.1) is 0 Å². The van der Waals surface area contributed by atoms with E-state index in [4.69, 9.17) is 11.6 Å². The SMILES string of the molecule is CSc1cc(NC(=O)N2CCN(C(=O)c3ccsc3)CC2)ccc1Cl. The molecule has 0 spiro atoms. The largest absolute Gasteiger partial charge is 0.335 e. The van der Waals surface area contributed by atoms with E-state index < -0.39 is 0 Å². The Balaban J connectivity index is 1.56. The Morgan fingerprint density at radius 3 is 2.52 bits per heavy atom. The molecule has 0 aliphatic carbocycles. The monoisotopic (exact) mass is 395 g/mol. The van der Waals surface area contributed by atoms with Crippen LogP contribution in [0.1, 0.15) is 10.4 Å². The van der Waals surface area contributed by atoms with Gasteiger partial charge in [-0.2, -0.15) is 11.3 Å². The lowest BCUT2D eigenvalue weighted by atomic mass is 10.2. The van der Waals surface area contributed by atoms with Crippen LogP contribution in [0.4, 0.5) is 10.5 Å². The third-order valence-electron chi connectivity index (χ3n) is 4.02. The molecule has 1 fully saturated rings. The first-order valence-corrected chi connectivity index (χ1v) is 10.3. The average Bonchev–Trinajstić information content (AvgIpc) is 3.17. The maximum Gasteiger partial charge on any atom is 0.321 e. The molecule has 0 radical (unpaired) electrons. The van der Waals surface area contributed by atoms with Gasteiger partial charge in [0.1, 0.15) is 0 Å². The highest BCUT2D eigenvalue weighted by atomic mass is 35.5. The van der Waals surface area contributed by atoms with E-state index in [2.05, 4.69) is 5.32 Å². The summed E-state index contributed by atoms with van der Waals surface area (Å²) in [5.74, 6) is 0.0311. The number of carbonyl (C=O) groups is 2. The summed E-state index contributed by atoms with van der Waals surface area (Å²) in [4.78, 5) is 29.2. The van der Waals surface area contributed by atoms with E-state index >= 15 is 0 Å². The lowest BCUT2D eigenvalue weighted by molar-refractivity contribution is 0.0672. The number of thiophene rings is 1. The van der Waals surface area contributed by atoms with Crippen molar-refractivity contribution in [2.24, 2.45) is 0 Å². The highest BCUT2D eigenvalue weighted by molar-refractivity contribution is 7.98. The zero-order chi connectivity index (χ0) is 17.8. The number of anilines is 1. The Labute approximate surface area is 159 Å². The molecule has 2 aromatic rings. The predicted molar refractivity (Wildman–Crippen MR) is 104 cm³/mol. The summed E-state index contributed by atoms with van der Waals surface area (Å²) in [7, 11) is 0. The van der Waals surface area contributed by atoms with Gasteiger partial charge in [-0.3, -0.25) is 4.79 Å². The Bertz CT molecular complexity index is 759. The van der Waals surface area contributed by atoms with E-state index in [0.717, 1.165) is 10.6 Å². The van der Waals surface area contributed by atoms with Gasteiger partial charge >= 0.3 is 6.03 Å². The third kappa shape index (κ3) is 4.29. The van der Waals surface area contributed by atoms with Gasteiger partial charge in [0.15, 0.2) is 0 Å². The van der Waals surface area contributed by atoms with Crippen molar-refractivity contribution >= 4 is 52.3 Å². The number of hydrogen-bond acceptors (Lipinski definition) is 4. The van der Waals surface area contributed by atoms with Crippen LogP contribution < -0.4 is 5.32 Å². The molecule has 1 N–H and O–H groups in total. The second-order valence-corrected chi connectivity index (χ2v) is 7.61. The van der Waals surface area contributed by atoms with Crippen LogP contribution in [0.25, 0.3) is 0 Å². The molecule has 5 nitrogen and oxygen atoms in total. The van der Waals surface area contributed by atoms with Gasteiger partial charge in [0.25, 0.3) is 5.91 Å². The number of halogens is 1. The van der Waals surface area contributed by atoms with Crippen molar-refractivity contribution in [3.05, 3.63) is 45.6 Å². The van der Waals surface area contributed by atoms with Crippen molar-refractivity contribution in [2.75, 3.05) is 37.8 Å². The number of carbonyl (C=O) groups excluding carboxylic acids is 2. The fraction of sp³-hybridized carbons (Fsp3) is 0.294. The number of rotatable bonds is 3. The molecule has 0 bridgehead atoms. The van der Waals surface area contributed by atoms with Crippen molar-refractivity contribution in [1.29, 1.82) is 0 Å². The van der Waals surface area contributed by atoms with Crippen molar-refractivity contribution in [3.8, 4) is 0 Å². The number of amides is 3. The second kappa shape index (κ2) is 8.12. The van der Waals surface area contributed by atoms with Gasteiger partial charge in [0.05, 0.1) is 10.6 Å². The fourth-order valence-electron chi connectivity index (χ4n) is 2.62. The minimum absolute atomic E-state index is 0.0311. The summed E-state index contributed by atoms with van der Waals surface area (Å²) in [5.41, 5.74) is 1.43. The van der Waals surface area contributed by atoms with Crippen LogP contribution in [0.15, 0.2) is 39.9 Å². The number of benzene rings is 1. The molecule has 8 heteroatoms. The molecule has 3 rings (SSSR count). The molecule has 0 atom stereocenters. The molecule has 3 amide bonds. The van der Waals surface area contributed by atoms with E-state index in [9.17, 15) is 9.59 Å². The first-order chi connectivity index (χ1) is 12.1. The molecule has 1 aliphatic rings. The Kier molecular flexibility index (Phi) is 5.88. The lowest BCUT2D eigenvalue weighted by Crippen LogP contribution is -2.51. The number of urea groups is 1. The van der Waals surface area contributed by atoms with Crippen molar-refractivity contribution in [1.82, 2.24) is 9.80 Å². The van der Waals surface area contributed by atoms with E-state index in [0.29, 0.717) is 36.8 Å². The topological polar surface area (TPSA) is 52.7 Å². The zero-order valence-electron chi connectivity index (χ0n) is 13.7. The average molecular weight is 396 g/mol. The van der Waals surface area contributed by atoms with E-state index in [1.807, 2.05) is 29.1 Å². The van der Waals surface area contributed by atoms with Crippen LogP contribution in [-0.2, 0) is 0 Å². The Morgan fingerprint density at radius 1 is 1.16 bits per heavy atom. The molecule has 1 aliphatic heterocycles. The lowest BCUT2D eigenvalue weighted by Gasteiger charge is -2.34. The molecular weight excluding hydrogens is 378 g/mol. The highest BCUT2D eigenvalue weighted by Crippen LogP contribution is 2.28. The van der Waals surface area contributed by atoms with Gasteiger partial charge in [-0.05, 0) is 35.9 Å². The predicted octanol–water partition coefficient (Wildman–Crippen LogP) is 4.11. The molecule has 1 saturated heterocycles. The minimum Gasteiger partial charge on any atom is -0.335 e. The summed E-state index contributed by atoms with van der Waals surface area (Å²) >= 11 is 9.13. The number of thioether (sulfide) groups is 1. The van der Waals surface area contributed by atoms with Crippen LogP contribution in [-0.4, -0.2) is 54.2 Å². The molecular formula is C17H18ClN3O2S2. The maximum atomic E-state index is 12.4. The summed E-state index contributed by atoms with van der Waals surface area (Å²) in [6.07, 6.45) is 1.94.